The standard InChI is InChI=1S/C42H46N10O2/c1-27(45-42(54)39(51(4)5)30-12-7-6-8-13-30)40-43-25-34(46-40)29-19-17-28(18-20-29)32-21-22-33(49-48-32)35-26-44-41(47-35)37-16-11-23-52(37)38(53)24-31-14-9-10-15-36(31)50(2)3/h6-10,12-15,17-22,25-27,37,39H,11,16,23-24H2,1-5H3,(H,43,46)(H,44,47)(H,45,54)/t27-,37-,39+/m0/s1. The van der Waals surface area contributed by atoms with Crippen molar-refractivity contribution in [3.63, 3.8) is 0 Å². The number of imidazole rings is 2. The third-order valence-corrected chi connectivity index (χ3v) is 9.98. The van der Waals surface area contributed by atoms with Gasteiger partial charge in [0, 0.05) is 31.9 Å². The highest BCUT2D eigenvalue weighted by Gasteiger charge is 2.32. The van der Waals surface area contributed by atoms with Gasteiger partial charge in [-0.05, 0) is 68.8 Å². The van der Waals surface area contributed by atoms with Crippen molar-refractivity contribution in [2.45, 2.75) is 44.3 Å². The van der Waals surface area contributed by atoms with Crippen molar-refractivity contribution in [1.29, 1.82) is 0 Å². The molecule has 0 spiro atoms. The first-order chi connectivity index (χ1) is 26.2. The summed E-state index contributed by atoms with van der Waals surface area (Å²) >= 11 is 0. The molecule has 7 rings (SSSR count). The number of hydrogen-bond donors (Lipinski definition) is 3. The first-order valence-corrected chi connectivity index (χ1v) is 18.3. The lowest BCUT2D eigenvalue weighted by Crippen LogP contribution is -2.38. The number of amides is 2. The molecule has 1 aliphatic heterocycles. The molecule has 2 amide bonds. The number of rotatable bonds is 12. The maximum absolute atomic E-state index is 13.5. The minimum absolute atomic E-state index is 0.0912. The van der Waals surface area contributed by atoms with Crippen LogP contribution in [0, 0.1) is 0 Å². The number of likely N-dealkylation sites (tertiary alicyclic amines) is 1. The normalized spacial score (nSPS) is 15.3. The molecule has 3 aromatic carbocycles. The van der Waals surface area contributed by atoms with E-state index in [9.17, 15) is 9.59 Å². The summed E-state index contributed by atoms with van der Waals surface area (Å²) in [5.74, 6) is 1.45. The molecule has 0 saturated carbocycles. The SMILES string of the molecule is C[C@H](NC(=O)[C@@H](c1ccccc1)N(C)C)c1ncc(-c2ccc(-c3ccc(-c4cnc([C@@H]5CCCN5C(=O)Cc5ccccc5N(C)C)[nH]4)nn3)cc2)[nH]1. The van der Waals surface area contributed by atoms with Crippen molar-refractivity contribution in [2.75, 3.05) is 39.6 Å². The molecule has 3 aromatic heterocycles. The van der Waals surface area contributed by atoms with Crippen molar-refractivity contribution >= 4 is 17.5 Å². The van der Waals surface area contributed by atoms with Gasteiger partial charge in [-0.15, -0.1) is 10.2 Å². The van der Waals surface area contributed by atoms with Gasteiger partial charge in [-0.2, -0.15) is 0 Å². The van der Waals surface area contributed by atoms with Crippen LogP contribution in [-0.4, -0.2) is 86.5 Å². The number of anilines is 1. The Morgan fingerprint density at radius 1 is 0.815 bits per heavy atom. The van der Waals surface area contributed by atoms with Gasteiger partial charge < -0.3 is 25.1 Å². The quantitative estimate of drug-likeness (QED) is 0.132. The van der Waals surface area contributed by atoms with Crippen LogP contribution < -0.4 is 10.2 Å². The molecule has 0 aliphatic carbocycles. The Morgan fingerprint density at radius 2 is 1.50 bits per heavy atom. The van der Waals surface area contributed by atoms with Gasteiger partial charge in [0.2, 0.25) is 11.8 Å². The zero-order chi connectivity index (χ0) is 37.8. The highest BCUT2D eigenvalue weighted by atomic mass is 16.2. The fraction of sp³-hybridized carbons (Fsp3) is 0.286. The number of carbonyl (C=O) groups excluding carboxylic acids is 2. The molecule has 1 fully saturated rings. The summed E-state index contributed by atoms with van der Waals surface area (Å²) in [6, 6.07) is 28.9. The number of H-pyrrole nitrogens is 2. The minimum atomic E-state index is -0.410. The molecule has 0 radical (unpaired) electrons. The van der Waals surface area contributed by atoms with Crippen LogP contribution in [0.4, 0.5) is 5.69 Å². The highest BCUT2D eigenvalue weighted by molar-refractivity contribution is 5.83. The summed E-state index contributed by atoms with van der Waals surface area (Å²) in [5, 5.41) is 12.1. The molecule has 12 heteroatoms. The average molecular weight is 723 g/mol. The summed E-state index contributed by atoms with van der Waals surface area (Å²) in [5.41, 5.74) is 7.92. The van der Waals surface area contributed by atoms with Gasteiger partial charge >= 0.3 is 0 Å². The fourth-order valence-electron chi connectivity index (χ4n) is 7.18. The van der Waals surface area contributed by atoms with Crippen molar-refractivity contribution in [2.24, 2.45) is 0 Å². The molecular weight excluding hydrogens is 677 g/mol. The molecule has 1 aliphatic rings. The van der Waals surface area contributed by atoms with Gasteiger partial charge in [0.15, 0.2) is 0 Å². The first-order valence-electron chi connectivity index (χ1n) is 18.3. The first kappa shape index (κ1) is 36.2. The predicted molar refractivity (Wildman–Crippen MR) is 210 cm³/mol. The van der Waals surface area contributed by atoms with Gasteiger partial charge in [0.25, 0.3) is 0 Å². The maximum atomic E-state index is 13.5. The highest BCUT2D eigenvalue weighted by Crippen LogP contribution is 2.33. The largest absolute Gasteiger partial charge is 0.377 e. The van der Waals surface area contributed by atoms with E-state index < -0.39 is 6.04 Å². The topological polar surface area (TPSA) is 139 Å². The minimum Gasteiger partial charge on any atom is -0.377 e. The number of aromatic nitrogens is 6. The molecule has 6 aromatic rings. The lowest BCUT2D eigenvalue weighted by Gasteiger charge is -2.25. The third kappa shape index (κ3) is 7.79. The second kappa shape index (κ2) is 15.8. The number of para-hydroxylation sites is 1. The van der Waals surface area contributed by atoms with E-state index in [1.807, 2.05) is 141 Å². The van der Waals surface area contributed by atoms with Crippen LogP contribution in [-0.2, 0) is 16.0 Å². The fourth-order valence-corrected chi connectivity index (χ4v) is 7.18. The van der Waals surface area contributed by atoms with Gasteiger partial charge in [0.05, 0.1) is 48.0 Å². The number of nitrogens with one attached hydrogen (secondary N) is 3. The van der Waals surface area contributed by atoms with Gasteiger partial charge in [0.1, 0.15) is 23.4 Å². The van der Waals surface area contributed by atoms with Crippen LogP contribution in [0.25, 0.3) is 33.9 Å². The summed E-state index contributed by atoms with van der Waals surface area (Å²) in [6.07, 6.45) is 5.69. The lowest BCUT2D eigenvalue weighted by atomic mass is 10.0. The van der Waals surface area contributed by atoms with Crippen molar-refractivity contribution in [3.8, 4) is 33.9 Å². The average Bonchev–Trinajstić information content (AvgIpc) is 3.97. The van der Waals surface area contributed by atoms with Crippen LogP contribution in [0.5, 0.6) is 0 Å². The molecule has 0 unspecified atom stereocenters. The van der Waals surface area contributed by atoms with Gasteiger partial charge in [-0.25, -0.2) is 9.97 Å². The van der Waals surface area contributed by atoms with E-state index in [0.29, 0.717) is 24.5 Å². The maximum Gasteiger partial charge on any atom is 0.242 e. The lowest BCUT2D eigenvalue weighted by molar-refractivity contribution is -0.131. The Hall–Kier alpha value is -6.14. The molecule has 12 nitrogen and oxygen atoms in total. The Bertz CT molecular complexity index is 2190. The predicted octanol–water partition coefficient (Wildman–Crippen LogP) is 6.38. The summed E-state index contributed by atoms with van der Waals surface area (Å²) in [7, 11) is 7.79. The third-order valence-electron chi connectivity index (χ3n) is 9.98. The zero-order valence-corrected chi connectivity index (χ0v) is 31.3. The number of nitrogens with zero attached hydrogens (tertiary/aromatic N) is 7. The summed E-state index contributed by atoms with van der Waals surface area (Å²) < 4.78 is 0. The monoisotopic (exact) mass is 722 g/mol. The van der Waals surface area contributed by atoms with Crippen molar-refractivity contribution in [3.05, 3.63) is 126 Å². The molecule has 4 heterocycles. The Kier molecular flexibility index (Phi) is 10.6. The molecule has 3 atom stereocenters. The number of hydrogen-bond acceptors (Lipinski definition) is 8. The zero-order valence-electron chi connectivity index (χ0n) is 31.3. The van der Waals surface area contributed by atoms with Crippen molar-refractivity contribution < 1.29 is 9.59 Å². The van der Waals surface area contributed by atoms with E-state index in [2.05, 4.69) is 35.5 Å². The van der Waals surface area contributed by atoms with E-state index in [-0.39, 0.29) is 23.9 Å². The number of aromatic amines is 2. The van der Waals surface area contributed by atoms with Crippen LogP contribution in [0.1, 0.15) is 60.7 Å². The van der Waals surface area contributed by atoms with Gasteiger partial charge in [-0.1, -0.05) is 72.8 Å². The second-order valence-corrected chi connectivity index (χ2v) is 14.2. The number of likely N-dealkylation sites (N-methyl/N-ethyl adjacent to an activating group) is 1. The number of benzene rings is 3. The molecule has 3 N–H and O–H groups in total. The number of carbonyl (C=O) groups is 2. The van der Waals surface area contributed by atoms with E-state index in [0.717, 1.165) is 63.7 Å². The van der Waals surface area contributed by atoms with E-state index in [1.165, 1.54) is 0 Å². The Morgan fingerprint density at radius 3 is 2.22 bits per heavy atom. The van der Waals surface area contributed by atoms with E-state index in [4.69, 9.17) is 0 Å². The molecule has 54 heavy (non-hydrogen) atoms. The van der Waals surface area contributed by atoms with E-state index in [1.54, 1.807) is 12.4 Å². The van der Waals surface area contributed by atoms with Gasteiger partial charge in [-0.3, -0.25) is 14.5 Å². The molecule has 276 valence electrons. The smallest absolute Gasteiger partial charge is 0.242 e. The van der Waals surface area contributed by atoms with Crippen LogP contribution in [0.3, 0.4) is 0 Å². The van der Waals surface area contributed by atoms with Crippen LogP contribution in [0.2, 0.25) is 0 Å². The van der Waals surface area contributed by atoms with Crippen LogP contribution in [0.15, 0.2) is 103 Å². The Balaban J connectivity index is 0.978. The van der Waals surface area contributed by atoms with Crippen molar-refractivity contribution in [1.82, 2.24) is 45.2 Å². The molecular formula is C42H46N10O2. The molecule has 1 saturated heterocycles. The second-order valence-electron chi connectivity index (χ2n) is 14.2. The summed E-state index contributed by atoms with van der Waals surface area (Å²) in [6.45, 7) is 2.63. The molecule has 0 bridgehead atoms. The van der Waals surface area contributed by atoms with Crippen LogP contribution >= 0.6 is 0 Å². The van der Waals surface area contributed by atoms with E-state index >= 15 is 0 Å². The Labute approximate surface area is 315 Å². The summed E-state index contributed by atoms with van der Waals surface area (Å²) in [4.78, 5) is 48.7.